The van der Waals surface area contributed by atoms with E-state index in [1.165, 1.54) is 19.8 Å². The lowest BCUT2D eigenvalue weighted by Gasteiger charge is -2.45. The fraction of sp³-hybridized carbons (Fsp3) is 0.830. The molecule has 6 unspecified atom stereocenters. The largest absolute Gasteiger partial charge is 0.445 e. The Kier molecular flexibility index (Phi) is 24.7. The molecule has 0 aliphatic carbocycles. The Morgan fingerprint density at radius 1 is 0.733 bits per heavy atom. The van der Waals surface area contributed by atoms with E-state index in [4.69, 9.17) is 28.9 Å². The maximum atomic E-state index is 12.4. The lowest BCUT2D eigenvalue weighted by Crippen LogP contribution is -2.50. The van der Waals surface area contributed by atoms with Crippen LogP contribution in [0.15, 0.2) is 36.0 Å². The van der Waals surface area contributed by atoms with Crippen molar-refractivity contribution in [3.63, 3.8) is 0 Å². The first kappa shape index (κ1) is 58.2. The van der Waals surface area contributed by atoms with Gasteiger partial charge in [-0.2, -0.15) is 0 Å². The molecule has 13 atom stereocenters. The van der Waals surface area contributed by atoms with Crippen LogP contribution in [0.4, 0.5) is 4.79 Å². The minimum absolute atomic E-state index is 0.0198. The number of amides is 2. The molecule has 0 aromatic heterocycles. The minimum Gasteiger partial charge on any atom is -0.445 e. The van der Waals surface area contributed by atoms with Crippen molar-refractivity contribution in [2.45, 2.75) is 196 Å². The van der Waals surface area contributed by atoms with Gasteiger partial charge in [0.25, 0.3) is 0 Å². The molecule has 13 heteroatoms. The molecule has 0 aromatic rings. The van der Waals surface area contributed by atoms with E-state index in [9.17, 15) is 19.8 Å². The van der Waals surface area contributed by atoms with Crippen molar-refractivity contribution in [2.75, 3.05) is 14.2 Å². The van der Waals surface area contributed by atoms with Crippen LogP contribution in [-0.4, -0.2) is 89.7 Å². The van der Waals surface area contributed by atoms with Crippen LogP contribution in [-0.2, 0) is 28.0 Å². The van der Waals surface area contributed by atoms with Crippen LogP contribution in [0.2, 0.25) is 36.3 Å². The zero-order valence-corrected chi connectivity index (χ0v) is 43.8. The average molecular weight is 885 g/mol. The van der Waals surface area contributed by atoms with E-state index in [1.54, 1.807) is 13.0 Å². The Bertz CT molecular complexity index is 1370. The molecule has 0 aliphatic rings. The number of hydroxylamine groups is 1. The second kappa shape index (κ2) is 25.4. The number of nitrogens with one attached hydrogen (secondary N) is 1. The standard InChI is InChI=1S/C47H92N2O9Si2/c1-22-23-24-31(3)41(56-45(48)53)36(8)42(58-60(20,21)47(13,14)15)34(6)28-30(2)27-33(5)40(57-59(18,19)46(10,11)12)32(4)25-26-38(50)29-39(51)35(7)43(54-16)37(9)44(52)49-55-17/h23-27,31-43,50-51H,22,28-29H2,1-21H3,(H2,48,53)(H,49,52)/b24-23-,26-25-,30-27-/t31?,32?,33-,34-,35-,36+,37?,38?,39?,40-,41-,42+,43?/m0/s1. The van der Waals surface area contributed by atoms with Crippen LogP contribution in [0.5, 0.6) is 0 Å². The van der Waals surface area contributed by atoms with E-state index in [2.05, 4.69) is 140 Å². The maximum absolute atomic E-state index is 12.4. The van der Waals surface area contributed by atoms with Crippen LogP contribution in [0.1, 0.15) is 123 Å². The van der Waals surface area contributed by atoms with Crippen molar-refractivity contribution < 1.29 is 43.0 Å². The molecule has 0 saturated carbocycles. The number of carbonyl (C=O) groups excluding carboxylic acids is 2. The van der Waals surface area contributed by atoms with Gasteiger partial charge >= 0.3 is 6.09 Å². The zero-order chi connectivity index (χ0) is 47.1. The number of aliphatic hydroxyl groups excluding tert-OH is 2. The number of aliphatic hydroxyl groups is 2. The molecular weight excluding hydrogens is 793 g/mol. The molecule has 352 valence electrons. The number of hydrogen-bond acceptors (Lipinski definition) is 9. The number of carbonyl (C=O) groups is 2. The van der Waals surface area contributed by atoms with E-state index in [0.29, 0.717) is 0 Å². The first-order valence-corrected chi connectivity index (χ1v) is 28.2. The topological polar surface area (TPSA) is 159 Å². The van der Waals surface area contributed by atoms with Gasteiger partial charge in [-0.3, -0.25) is 9.63 Å². The van der Waals surface area contributed by atoms with Crippen molar-refractivity contribution >= 4 is 28.6 Å². The molecule has 0 rings (SSSR count). The van der Waals surface area contributed by atoms with E-state index in [0.717, 1.165) is 12.8 Å². The molecule has 0 radical (unpaired) electrons. The third kappa shape index (κ3) is 18.5. The highest BCUT2D eigenvalue weighted by atomic mass is 28.4. The normalized spacial score (nSPS) is 20.4. The Morgan fingerprint density at radius 3 is 1.68 bits per heavy atom. The van der Waals surface area contributed by atoms with E-state index >= 15 is 0 Å². The summed E-state index contributed by atoms with van der Waals surface area (Å²) in [5, 5.41) is 22.2. The number of allylic oxidation sites excluding steroid dienone is 2. The van der Waals surface area contributed by atoms with Gasteiger partial charge in [0.15, 0.2) is 16.6 Å². The molecule has 11 nitrogen and oxygen atoms in total. The average Bonchev–Trinajstić information content (AvgIpc) is 3.11. The first-order valence-electron chi connectivity index (χ1n) is 22.4. The van der Waals surface area contributed by atoms with Crippen molar-refractivity contribution in [2.24, 2.45) is 47.2 Å². The molecule has 2 amide bonds. The number of primary amides is 1. The second-order valence-electron chi connectivity index (χ2n) is 20.8. The van der Waals surface area contributed by atoms with Crippen molar-refractivity contribution in [1.82, 2.24) is 5.48 Å². The number of rotatable bonds is 26. The lowest BCUT2D eigenvalue weighted by molar-refractivity contribution is -0.142. The Balaban J connectivity index is 6.70. The maximum Gasteiger partial charge on any atom is 0.404 e. The summed E-state index contributed by atoms with van der Waals surface area (Å²) in [4.78, 5) is 29.4. The molecule has 5 N–H and O–H groups in total. The smallest absolute Gasteiger partial charge is 0.404 e. The number of hydrogen-bond donors (Lipinski definition) is 4. The summed E-state index contributed by atoms with van der Waals surface area (Å²) in [7, 11) is -1.61. The van der Waals surface area contributed by atoms with Crippen LogP contribution in [0, 0.1) is 41.4 Å². The van der Waals surface area contributed by atoms with Gasteiger partial charge in [-0.05, 0) is 73.8 Å². The van der Waals surface area contributed by atoms with Gasteiger partial charge < -0.3 is 34.3 Å². The summed E-state index contributed by atoms with van der Waals surface area (Å²) in [6.45, 7) is 41.1. The SMILES string of the molecule is CC/C=C\C(C)[C@H](OC(N)=O)[C@@H](C)[C@H](O[Si](C)(C)C(C)(C)C)[C@@H](C)C/C(C)=C\[C@H](C)[C@@H](O[Si](C)(C)C(C)(C)C)C(C)/C=C\C(O)CC(O)[C@H](C)C(OC)C(C)C(=O)NOC. The summed E-state index contributed by atoms with van der Waals surface area (Å²) < 4.78 is 25.9. The molecule has 0 bridgehead atoms. The van der Waals surface area contributed by atoms with Crippen LogP contribution < -0.4 is 11.2 Å². The van der Waals surface area contributed by atoms with Crippen molar-refractivity contribution in [3.05, 3.63) is 36.0 Å². The van der Waals surface area contributed by atoms with Gasteiger partial charge in [-0.1, -0.05) is 133 Å². The fourth-order valence-electron chi connectivity index (χ4n) is 7.57. The van der Waals surface area contributed by atoms with E-state index in [-0.39, 0.29) is 64.2 Å². The van der Waals surface area contributed by atoms with Gasteiger partial charge in [-0.15, -0.1) is 0 Å². The molecule has 0 fully saturated rings. The lowest BCUT2D eigenvalue weighted by atomic mass is 9.81. The molecule has 0 heterocycles. The zero-order valence-electron chi connectivity index (χ0n) is 41.8. The summed E-state index contributed by atoms with van der Waals surface area (Å²) in [6, 6.07) is 0. The highest BCUT2D eigenvalue weighted by molar-refractivity contribution is 6.74. The van der Waals surface area contributed by atoms with Crippen LogP contribution in [0.3, 0.4) is 0 Å². The molecular formula is C47H92N2O9Si2. The highest BCUT2D eigenvalue weighted by Crippen LogP contribution is 2.42. The predicted molar refractivity (Wildman–Crippen MR) is 252 cm³/mol. The summed E-state index contributed by atoms with van der Waals surface area (Å²) in [5.41, 5.74) is 9.21. The quantitative estimate of drug-likeness (QED) is 0.0377. The van der Waals surface area contributed by atoms with Crippen LogP contribution >= 0.6 is 0 Å². The Morgan fingerprint density at radius 2 is 1.23 bits per heavy atom. The van der Waals surface area contributed by atoms with Gasteiger partial charge in [0, 0.05) is 31.3 Å². The fourth-order valence-corrected chi connectivity index (χ4v) is 10.5. The molecule has 0 saturated heterocycles. The Hall–Kier alpha value is -1.85. The molecule has 60 heavy (non-hydrogen) atoms. The number of methoxy groups -OCH3 is 1. The van der Waals surface area contributed by atoms with Crippen LogP contribution in [0.25, 0.3) is 0 Å². The highest BCUT2D eigenvalue weighted by Gasteiger charge is 2.45. The predicted octanol–water partition coefficient (Wildman–Crippen LogP) is 10.3. The van der Waals surface area contributed by atoms with E-state index in [1.807, 2.05) is 13.0 Å². The third-order valence-electron chi connectivity index (χ3n) is 13.4. The van der Waals surface area contributed by atoms with Crippen molar-refractivity contribution in [3.8, 4) is 0 Å². The number of nitrogens with two attached hydrogens (primary N) is 1. The summed E-state index contributed by atoms with van der Waals surface area (Å²) in [6.07, 6.45) is 7.99. The second-order valence-corrected chi connectivity index (χ2v) is 30.3. The van der Waals surface area contributed by atoms with Crippen molar-refractivity contribution in [1.29, 1.82) is 0 Å². The van der Waals surface area contributed by atoms with Gasteiger partial charge in [0.1, 0.15) is 6.10 Å². The van der Waals surface area contributed by atoms with E-state index < -0.39 is 59.0 Å². The van der Waals surface area contributed by atoms with Gasteiger partial charge in [-0.25, -0.2) is 10.3 Å². The third-order valence-corrected chi connectivity index (χ3v) is 22.3. The molecule has 0 aromatic carbocycles. The van der Waals surface area contributed by atoms with Gasteiger partial charge in [0.05, 0.1) is 43.5 Å². The monoisotopic (exact) mass is 885 g/mol. The summed E-state index contributed by atoms with van der Waals surface area (Å²) in [5.74, 6) is -1.48. The minimum atomic E-state index is -2.25. The number of ether oxygens (including phenoxy) is 2. The molecule has 0 spiro atoms. The summed E-state index contributed by atoms with van der Waals surface area (Å²) >= 11 is 0. The van der Waals surface area contributed by atoms with Gasteiger partial charge in [0.2, 0.25) is 5.91 Å². The Labute approximate surface area is 369 Å². The molecule has 0 aliphatic heterocycles. The first-order chi connectivity index (χ1) is 27.3.